The molecule has 2 saturated heterocycles. The van der Waals surface area contributed by atoms with Gasteiger partial charge in [-0.15, -0.1) is 0 Å². The van der Waals surface area contributed by atoms with Crippen molar-refractivity contribution in [2.75, 3.05) is 6.61 Å². The van der Waals surface area contributed by atoms with Gasteiger partial charge in [-0.1, -0.05) is 60.7 Å². The summed E-state index contributed by atoms with van der Waals surface area (Å²) in [6, 6.07) is 20.9. The van der Waals surface area contributed by atoms with E-state index in [-0.39, 0.29) is 6.04 Å². The summed E-state index contributed by atoms with van der Waals surface area (Å²) in [5.74, 6) is -1.08. The van der Waals surface area contributed by atoms with Crippen molar-refractivity contribution < 1.29 is 19.0 Å². The number of benzene rings is 2. The number of amides is 1. The van der Waals surface area contributed by atoms with Crippen molar-refractivity contribution >= 4 is 6.09 Å². The molecule has 2 fully saturated rings. The van der Waals surface area contributed by atoms with Crippen molar-refractivity contribution in [1.82, 2.24) is 4.90 Å². The molecule has 2 aromatic rings. The molecule has 2 heterocycles. The predicted octanol–water partition coefficient (Wildman–Crippen LogP) is 4.35. The molecule has 5 atom stereocenters. The van der Waals surface area contributed by atoms with Crippen molar-refractivity contribution in [2.24, 2.45) is 0 Å². The summed E-state index contributed by atoms with van der Waals surface area (Å²) in [5, 5.41) is 9.44. The van der Waals surface area contributed by atoms with Crippen molar-refractivity contribution in [3.63, 3.8) is 0 Å². The lowest BCUT2D eigenvalue weighted by molar-refractivity contribution is -0.225. The number of cyclic esters (lactones) is 1. The zero-order valence-electron chi connectivity index (χ0n) is 16.5. The van der Waals surface area contributed by atoms with Crippen molar-refractivity contribution in [1.29, 1.82) is 5.26 Å². The third-order valence-electron chi connectivity index (χ3n) is 5.62. The van der Waals surface area contributed by atoms with Crippen LogP contribution in [0.5, 0.6) is 0 Å². The molecule has 0 bridgehead atoms. The van der Waals surface area contributed by atoms with E-state index in [9.17, 15) is 10.1 Å². The first-order chi connectivity index (χ1) is 14.1. The van der Waals surface area contributed by atoms with E-state index in [1.54, 1.807) is 11.8 Å². The van der Waals surface area contributed by atoms with Crippen LogP contribution in [0.4, 0.5) is 4.79 Å². The minimum Gasteiger partial charge on any atom is -0.439 e. The maximum Gasteiger partial charge on any atom is 0.411 e. The molecule has 2 aliphatic heterocycles. The van der Waals surface area contributed by atoms with Gasteiger partial charge in [0.2, 0.25) is 0 Å². The zero-order valence-corrected chi connectivity index (χ0v) is 16.5. The summed E-state index contributed by atoms with van der Waals surface area (Å²) < 4.78 is 17.7. The highest BCUT2D eigenvalue weighted by atomic mass is 16.7. The van der Waals surface area contributed by atoms with Crippen LogP contribution in [0.2, 0.25) is 0 Å². The SMILES string of the molecule is CCO[C@]1(C)O[C@@H](C#N)C[C@H]1N1C(=O)O[C@@H](c2ccccc2)[C@H]1c1ccccc1. The van der Waals surface area contributed by atoms with E-state index in [1.807, 2.05) is 67.6 Å². The standard InChI is InChI=1S/C23H24N2O4/c1-3-27-23(2)19(14-18(15-24)29-23)25-20(16-10-6-4-7-11-16)21(28-22(25)26)17-12-8-5-9-13-17/h4-13,18-21H,3,14H2,1-2H3/t18-,19-,20-,21+,23-/m1/s1. The molecule has 0 aliphatic carbocycles. The van der Waals surface area contributed by atoms with Crippen molar-refractivity contribution in [3.8, 4) is 6.07 Å². The second-order valence-electron chi connectivity index (χ2n) is 7.41. The Labute approximate surface area is 170 Å². The Bertz CT molecular complexity index is 898. The van der Waals surface area contributed by atoms with Gasteiger partial charge >= 0.3 is 6.09 Å². The number of nitriles is 1. The van der Waals surface area contributed by atoms with Gasteiger partial charge in [-0.05, 0) is 25.0 Å². The normalized spacial score (nSPS) is 31.5. The molecular formula is C23H24N2O4. The minimum atomic E-state index is -1.08. The molecule has 0 N–H and O–H groups in total. The van der Waals surface area contributed by atoms with E-state index >= 15 is 0 Å². The Balaban J connectivity index is 1.78. The molecular weight excluding hydrogens is 368 g/mol. The van der Waals surface area contributed by atoms with E-state index in [0.29, 0.717) is 13.0 Å². The van der Waals surface area contributed by atoms with Crippen LogP contribution >= 0.6 is 0 Å². The van der Waals surface area contributed by atoms with Crippen LogP contribution in [-0.4, -0.2) is 35.5 Å². The van der Waals surface area contributed by atoms with E-state index < -0.39 is 30.1 Å². The molecule has 2 aliphatic rings. The molecule has 0 unspecified atom stereocenters. The van der Waals surface area contributed by atoms with Gasteiger partial charge in [0.05, 0.1) is 12.1 Å². The van der Waals surface area contributed by atoms with E-state index in [1.165, 1.54) is 0 Å². The number of ether oxygens (including phenoxy) is 3. The summed E-state index contributed by atoms with van der Waals surface area (Å²) in [7, 11) is 0. The lowest BCUT2D eigenvalue weighted by atomic mass is 9.92. The van der Waals surface area contributed by atoms with E-state index in [0.717, 1.165) is 11.1 Å². The third-order valence-corrected chi connectivity index (χ3v) is 5.62. The van der Waals surface area contributed by atoms with Gasteiger partial charge in [0.1, 0.15) is 12.1 Å². The summed E-state index contributed by atoms with van der Waals surface area (Å²) >= 11 is 0. The molecule has 2 aromatic carbocycles. The quantitative estimate of drug-likeness (QED) is 0.756. The van der Waals surface area contributed by atoms with E-state index in [4.69, 9.17) is 14.2 Å². The van der Waals surface area contributed by atoms with Gasteiger partial charge in [0.15, 0.2) is 11.9 Å². The van der Waals surface area contributed by atoms with Gasteiger partial charge < -0.3 is 14.2 Å². The van der Waals surface area contributed by atoms with Crippen LogP contribution in [-0.2, 0) is 14.2 Å². The molecule has 150 valence electrons. The van der Waals surface area contributed by atoms with Crippen LogP contribution in [0.15, 0.2) is 60.7 Å². The second kappa shape index (κ2) is 7.86. The van der Waals surface area contributed by atoms with Gasteiger partial charge in [-0.2, -0.15) is 5.26 Å². The van der Waals surface area contributed by atoms with Crippen LogP contribution in [0.1, 0.15) is 43.5 Å². The van der Waals surface area contributed by atoms with Crippen LogP contribution in [0.3, 0.4) is 0 Å². The maximum atomic E-state index is 13.1. The van der Waals surface area contributed by atoms with Gasteiger partial charge in [0, 0.05) is 13.0 Å². The Kier molecular flexibility index (Phi) is 5.27. The number of carbonyl (C=O) groups excluding carboxylic acids is 1. The van der Waals surface area contributed by atoms with E-state index in [2.05, 4.69) is 6.07 Å². The maximum absolute atomic E-state index is 13.1. The van der Waals surface area contributed by atoms with Crippen LogP contribution in [0.25, 0.3) is 0 Å². The lowest BCUT2D eigenvalue weighted by Crippen LogP contribution is -2.51. The minimum absolute atomic E-state index is 0.350. The number of hydrogen-bond acceptors (Lipinski definition) is 5. The molecule has 0 saturated carbocycles. The highest BCUT2D eigenvalue weighted by Crippen LogP contribution is 2.48. The topological polar surface area (TPSA) is 71.8 Å². The molecule has 0 radical (unpaired) electrons. The Morgan fingerprint density at radius 1 is 1.14 bits per heavy atom. The summed E-state index contributed by atoms with van der Waals surface area (Å²) in [6.07, 6.45) is -1.16. The Hall–Kier alpha value is -2.88. The highest BCUT2D eigenvalue weighted by molar-refractivity contribution is 5.72. The highest BCUT2D eigenvalue weighted by Gasteiger charge is 2.57. The fraction of sp³-hybridized carbons (Fsp3) is 0.391. The zero-order chi connectivity index (χ0) is 20.4. The van der Waals surface area contributed by atoms with Crippen molar-refractivity contribution in [2.45, 2.75) is 50.3 Å². The Morgan fingerprint density at radius 3 is 2.34 bits per heavy atom. The molecule has 6 nitrogen and oxygen atoms in total. The average Bonchev–Trinajstić information content (AvgIpc) is 3.26. The summed E-state index contributed by atoms with van der Waals surface area (Å²) in [5.41, 5.74) is 1.89. The second-order valence-corrected chi connectivity index (χ2v) is 7.41. The van der Waals surface area contributed by atoms with Gasteiger partial charge in [-0.25, -0.2) is 4.79 Å². The van der Waals surface area contributed by atoms with Gasteiger partial charge in [-0.3, -0.25) is 4.90 Å². The monoisotopic (exact) mass is 392 g/mol. The number of carbonyl (C=O) groups is 1. The summed E-state index contributed by atoms with van der Waals surface area (Å²) in [4.78, 5) is 14.8. The largest absolute Gasteiger partial charge is 0.439 e. The number of rotatable bonds is 5. The van der Waals surface area contributed by atoms with Crippen molar-refractivity contribution in [3.05, 3.63) is 71.8 Å². The third kappa shape index (κ3) is 3.48. The average molecular weight is 392 g/mol. The first kappa shape index (κ1) is 19.4. The van der Waals surface area contributed by atoms with Crippen LogP contribution in [0, 0.1) is 11.3 Å². The number of nitrogens with zero attached hydrogens (tertiary/aromatic N) is 2. The smallest absolute Gasteiger partial charge is 0.411 e. The fourth-order valence-electron chi connectivity index (χ4n) is 4.38. The molecule has 1 amide bonds. The Morgan fingerprint density at radius 2 is 1.76 bits per heavy atom. The molecule has 0 aromatic heterocycles. The lowest BCUT2D eigenvalue weighted by Gasteiger charge is -2.37. The number of hydrogen-bond donors (Lipinski definition) is 0. The molecule has 4 rings (SSSR count). The first-order valence-corrected chi connectivity index (χ1v) is 9.87. The van der Waals surface area contributed by atoms with Crippen LogP contribution < -0.4 is 0 Å². The fourth-order valence-corrected chi connectivity index (χ4v) is 4.38. The summed E-state index contributed by atoms with van der Waals surface area (Å²) in [6.45, 7) is 4.07. The first-order valence-electron chi connectivity index (χ1n) is 9.87. The molecule has 6 heteroatoms. The molecule has 29 heavy (non-hydrogen) atoms. The molecule has 0 spiro atoms. The predicted molar refractivity (Wildman–Crippen MR) is 106 cm³/mol. The van der Waals surface area contributed by atoms with Gasteiger partial charge in [0.25, 0.3) is 0 Å².